The third-order valence-electron chi connectivity index (χ3n) is 2.68. The smallest absolute Gasteiger partial charge is 0.313 e. The average molecular weight is 281 g/mol. The van der Waals surface area contributed by atoms with Gasteiger partial charge in [0.2, 0.25) is 0 Å². The molecule has 0 aliphatic heterocycles. The van der Waals surface area contributed by atoms with Gasteiger partial charge in [0.1, 0.15) is 0 Å². The van der Waals surface area contributed by atoms with Gasteiger partial charge in [-0.05, 0) is 24.6 Å². The molecule has 1 aromatic rings. The van der Waals surface area contributed by atoms with E-state index < -0.39 is 11.8 Å². The van der Waals surface area contributed by atoms with E-state index in [1.54, 1.807) is 18.2 Å². The Bertz CT molecular complexity index is 485. The van der Waals surface area contributed by atoms with Gasteiger partial charge in [0.05, 0.1) is 24.6 Å². The van der Waals surface area contributed by atoms with E-state index in [0.29, 0.717) is 11.4 Å². The number of anilines is 2. The number of carbonyl (C=O) groups is 2. The number of rotatable bonds is 5. The molecule has 0 saturated carbocycles. The SMILES string of the molecule is Cc1ccc(NC(=O)C(=O)N(CCO)CCO)c(N)c1. The fourth-order valence-electron chi connectivity index (χ4n) is 1.67. The van der Waals surface area contributed by atoms with Crippen molar-refractivity contribution >= 4 is 23.2 Å². The molecule has 1 rings (SSSR count). The van der Waals surface area contributed by atoms with Gasteiger partial charge in [0.25, 0.3) is 0 Å². The molecule has 0 fully saturated rings. The average Bonchev–Trinajstić information content (AvgIpc) is 2.40. The predicted molar refractivity (Wildman–Crippen MR) is 75.0 cm³/mol. The van der Waals surface area contributed by atoms with Gasteiger partial charge in [-0.1, -0.05) is 6.07 Å². The Morgan fingerprint density at radius 1 is 1.25 bits per heavy atom. The zero-order valence-electron chi connectivity index (χ0n) is 11.3. The summed E-state index contributed by atoms with van der Waals surface area (Å²) in [4.78, 5) is 24.7. The van der Waals surface area contributed by atoms with Crippen LogP contribution in [0.3, 0.4) is 0 Å². The number of benzene rings is 1. The summed E-state index contributed by atoms with van der Waals surface area (Å²) in [5.74, 6) is -1.68. The van der Waals surface area contributed by atoms with E-state index in [4.69, 9.17) is 15.9 Å². The van der Waals surface area contributed by atoms with Crippen LogP contribution < -0.4 is 11.1 Å². The number of hydrogen-bond donors (Lipinski definition) is 4. The highest BCUT2D eigenvalue weighted by Gasteiger charge is 2.21. The van der Waals surface area contributed by atoms with Crippen LogP contribution in [0.1, 0.15) is 5.56 Å². The molecule has 1 aromatic carbocycles. The maximum atomic E-state index is 11.9. The first-order chi connectivity index (χ1) is 9.49. The molecular formula is C13H19N3O4. The molecule has 0 spiro atoms. The molecule has 0 aromatic heterocycles. The number of carbonyl (C=O) groups excluding carboxylic acids is 2. The highest BCUT2D eigenvalue weighted by molar-refractivity contribution is 6.39. The van der Waals surface area contributed by atoms with Crippen LogP contribution in [0.2, 0.25) is 0 Å². The largest absolute Gasteiger partial charge is 0.397 e. The molecule has 2 amide bonds. The van der Waals surface area contributed by atoms with Crippen LogP contribution in [-0.4, -0.2) is 53.2 Å². The molecule has 0 radical (unpaired) electrons. The Hall–Kier alpha value is -2.12. The van der Waals surface area contributed by atoms with Gasteiger partial charge in [-0.2, -0.15) is 0 Å². The van der Waals surface area contributed by atoms with Crippen LogP contribution in [0.25, 0.3) is 0 Å². The van der Waals surface area contributed by atoms with Crippen molar-refractivity contribution < 1.29 is 19.8 Å². The van der Waals surface area contributed by atoms with Crippen molar-refractivity contribution in [3.05, 3.63) is 23.8 Å². The Morgan fingerprint density at radius 3 is 2.35 bits per heavy atom. The summed E-state index contributed by atoms with van der Waals surface area (Å²) in [7, 11) is 0. The lowest BCUT2D eigenvalue weighted by Crippen LogP contribution is -2.42. The number of aryl methyl sites for hydroxylation is 1. The fraction of sp³-hybridized carbons (Fsp3) is 0.385. The molecule has 0 unspecified atom stereocenters. The van der Waals surface area contributed by atoms with Gasteiger partial charge in [-0.25, -0.2) is 0 Å². The molecule has 0 atom stereocenters. The molecule has 0 aliphatic carbocycles. The standard InChI is InChI=1S/C13H19N3O4/c1-9-2-3-11(10(14)8-9)15-12(19)13(20)16(4-6-17)5-7-18/h2-3,8,17-18H,4-7,14H2,1H3,(H,15,19). The number of aliphatic hydroxyl groups excluding tert-OH is 2. The third kappa shape index (κ3) is 4.22. The number of amides is 2. The summed E-state index contributed by atoms with van der Waals surface area (Å²) in [6, 6.07) is 5.05. The summed E-state index contributed by atoms with van der Waals surface area (Å²) >= 11 is 0. The summed E-state index contributed by atoms with van der Waals surface area (Å²) < 4.78 is 0. The van der Waals surface area contributed by atoms with E-state index >= 15 is 0 Å². The maximum absolute atomic E-state index is 11.9. The zero-order chi connectivity index (χ0) is 15.1. The number of nitrogens with two attached hydrogens (primary N) is 1. The van der Waals surface area contributed by atoms with E-state index in [1.807, 2.05) is 6.92 Å². The predicted octanol–water partition coefficient (Wildman–Crippen LogP) is -0.671. The fourth-order valence-corrected chi connectivity index (χ4v) is 1.67. The molecule has 0 heterocycles. The number of nitrogens with zero attached hydrogens (tertiary/aromatic N) is 1. The van der Waals surface area contributed by atoms with Crippen molar-refractivity contribution in [1.29, 1.82) is 0 Å². The number of hydrogen-bond acceptors (Lipinski definition) is 5. The van der Waals surface area contributed by atoms with Crippen LogP contribution in [0.15, 0.2) is 18.2 Å². The quantitative estimate of drug-likeness (QED) is 0.422. The molecule has 110 valence electrons. The Morgan fingerprint density at radius 2 is 1.85 bits per heavy atom. The minimum Gasteiger partial charge on any atom is -0.397 e. The second-order valence-electron chi connectivity index (χ2n) is 4.28. The van der Waals surface area contributed by atoms with E-state index in [2.05, 4.69) is 5.32 Å². The van der Waals surface area contributed by atoms with Crippen LogP contribution in [0.5, 0.6) is 0 Å². The van der Waals surface area contributed by atoms with Crippen molar-refractivity contribution in [1.82, 2.24) is 4.90 Å². The van der Waals surface area contributed by atoms with Gasteiger partial charge in [0, 0.05) is 13.1 Å². The molecule has 5 N–H and O–H groups in total. The lowest BCUT2D eigenvalue weighted by molar-refractivity contribution is -0.143. The number of nitrogens with one attached hydrogen (secondary N) is 1. The van der Waals surface area contributed by atoms with E-state index in [9.17, 15) is 9.59 Å². The second kappa shape index (κ2) is 7.46. The lowest BCUT2D eigenvalue weighted by Gasteiger charge is -2.20. The Labute approximate surface area is 117 Å². The molecular weight excluding hydrogens is 262 g/mol. The minimum atomic E-state index is -0.859. The zero-order valence-corrected chi connectivity index (χ0v) is 11.3. The van der Waals surface area contributed by atoms with Crippen LogP contribution in [0, 0.1) is 6.92 Å². The normalized spacial score (nSPS) is 10.2. The Kier molecular flexibility index (Phi) is 5.95. The summed E-state index contributed by atoms with van der Waals surface area (Å²) in [6.07, 6.45) is 0. The van der Waals surface area contributed by atoms with Gasteiger partial charge < -0.3 is 26.2 Å². The first-order valence-electron chi connectivity index (χ1n) is 6.17. The molecule has 0 aliphatic rings. The van der Waals surface area contributed by atoms with Crippen molar-refractivity contribution in [2.24, 2.45) is 0 Å². The Balaban J connectivity index is 2.76. The van der Waals surface area contributed by atoms with Crippen molar-refractivity contribution in [2.45, 2.75) is 6.92 Å². The lowest BCUT2D eigenvalue weighted by atomic mass is 10.2. The molecule has 7 heteroatoms. The molecule has 20 heavy (non-hydrogen) atoms. The maximum Gasteiger partial charge on any atom is 0.313 e. The summed E-state index contributed by atoms with van der Waals surface area (Å²) in [5, 5.41) is 20.1. The molecule has 0 bridgehead atoms. The van der Waals surface area contributed by atoms with Crippen LogP contribution >= 0.6 is 0 Å². The number of aliphatic hydroxyl groups is 2. The summed E-state index contributed by atoms with van der Waals surface area (Å²) in [6.45, 7) is 1.25. The summed E-state index contributed by atoms with van der Waals surface area (Å²) in [5.41, 5.74) is 7.39. The second-order valence-corrected chi connectivity index (χ2v) is 4.28. The highest BCUT2D eigenvalue weighted by atomic mass is 16.3. The van der Waals surface area contributed by atoms with Gasteiger partial charge in [-0.15, -0.1) is 0 Å². The van der Waals surface area contributed by atoms with Crippen molar-refractivity contribution in [2.75, 3.05) is 37.4 Å². The van der Waals surface area contributed by atoms with Gasteiger partial charge in [-0.3, -0.25) is 9.59 Å². The molecule has 0 saturated heterocycles. The number of nitrogen functional groups attached to an aromatic ring is 1. The first-order valence-corrected chi connectivity index (χ1v) is 6.17. The topological polar surface area (TPSA) is 116 Å². The van der Waals surface area contributed by atoms with Crippen molar-refractivity contribution in [3.63, 3.8) is 0 Å². The third-order valence-corrected chi connectivity index (χ3v) is 2.68. The van der Waals surface area contributed by atoms with Gasteiger partial charge in [0.15, 0.2) is 0 Å². The van der Waals surface area contributed by atoms with E-state index in [1.165, 1.54) is 0 Å². The van der Waals surface area contributed by atoms with Crippen LogP contribution in [0.4, 0.5) is 11.4 Å². The van der Waals surface area contributed by atoms with Crippen LogP contribution in [-0.2, 0) is 9.59 Å². The highest BCUT2D eigenvalue weighted by Crippen LogP contribution is 2.19. The first kappa shape index (κ1) is 15.9. The van der Waals surface area contributed by atoms with Crippen molar-refractivity contribution in [3.8, 4) is 0 Å². The molecule has 7 nitrogen and oxygen atoms in total. The monoisotopic (exact) mass is 281 g/mol. The van der Waals surface area contributed by atoms with Gasteiger partial charge >= 0.3 is 11.8 Å². The minimum absolute atomic E-state index is 0.0177. The van der Waals surface area contributed by atoms with E-state index in [0.717, 1.165) is 10.5 Å². The van der Waals surface area contributed by atoms with E-state index in [-0.39, 0.29) is 26.3 Å².